The molecule has 1 aliphatic rings. The van der Waals surface area contributed by atoms with Crippen LogP contribution in [0.5, 0.6) is 0 Å². The molecule has 0 atom stereocenters. The average Bonchev–Trinajstić information content (AvgIpc) is 3.24. The lowest BCUT2D eigenvalue weighted by Crippen LogP contribution is -2.47. The number of anilines is 1. The maximum atomic E-state index is 12.7. The van der Waals surface area contributed by atoms with Crippen LogP contribution in [0.2, 0.25) is 0 Å². The van der Waals surface area contributed by atoms with Crippen LogP contribution in [0.3, 0.4) is 0 Å². The summed E-state index contributed by atoms with van der Waals surface area (Å²) in [5.41, 5.74) is 1.91. The first-order valence-electron chi connectivity index (χ1n) is 9.46. The first kappa shape index (κ1) is 22.9. The van der Waals surface area contributed by atoms with Crippen molar-refractivity contribution in [1.82, 2.24) is 10.6 Å². The maximum absolute atomic E-state index is 12.7. The van der Waals surface area contributed by atoms with E-state index in [4.69, 9.17) is 9.15 Å². The molecule has 2 amide bonds. The summed E-state index contributed by atoms with van der Waals surface area (Å²) in [7, 11) is 1.69. The Balaban J connectivity index is 0.00000300. The minimum Gasteiger partial charge on any atom is -0.459 e. The van der Waals surface area contributed by atoms with Crippen LogP contribution < -0.4 is 16.0 Å². The number of carbonyl (C=O) groups is 2. The molecule has 2 heterocycles. The molecule has 1 saturated heterocycles. The van der Waals surface area contributed by atoms with Gasteiger partial charge in [-0.3, -0.25) is 9.59 Å². The highest BCUT2D eigenvalue weighted by molar-refractivity contribution is 6.03. The highest BCUT2D eigenvalue weighted by atomic mass is 35.5. The van der Waals surface area contributed by atoms with Crippen LogP contribution in [0.4, 0.5) is 5.69 Å². The van der Waals surface area contributed by atoms with E-state index in [0.717, 1.165) is 31.5 Å². The van der Waals surface area contributed by atoms with Crippen molar-refractivity contribution in [3.63, 3.8) is 0 Å². The molecule has 0 spiro atoms. The van der Waals surface area contributed by atoms with Crippen molar-refractivity contribution in [1.29, 1.82) is 0 Å². The number of aryl methyl sites for hydroxylation is 1. The number of hydrogen-bond acceptors (Lipinski definition) is 5. The summed E-state index contributed by atoms with van der Waals surface area (Å²) in [5, 5.41) is 9.19. The first-order chi connectivity index (χ1) is 13.5. The molecule has 0 aliphatic carbocycles. The van der Waals surface area contributed by atoms with E-state index in [1.807, 2.05) is 13.0 Å². The second-order valence-corrected chi connectivity index (χ2v) is 7.33. The van der Waals surface area contributed by atoms with E-state index in [9.17, 15) is 9.59 Å². The van der Waals surface area contributed by atoms with Gasteiger partial charge in [-0.05, 0) is 62.7 Å². The molecular formula is C21H28ClN3O4. The molecule has 0 saturated carbocycles. The van der Waals surface area contributed by atoms with Gasteiger partial charge in [0.25, 0.3) is 11.8 Å². The van der Waals surface area contributed by atoms with Gasteiger partial charge in [-0.2, -0.15) is 0 Å². The van der Waals surface area contributed by atoms with Gasteiger partial charge in [0, 0.05) is 30.3 Å². The Hall–Kier alpha value is -2.35. The Morgan fingerprint density at radius 3 is 2.62 bits per heavy atom. The topological polar surface area (TPSA) is 92.6 Å². The van der Waals surface area contributed by atoms with Gasteiger partial charge in [0.05, 0.1) is 12.9 Å². The van der Waals surface area contributed by atoms with Gasteiger partial charge in [-0.15, -0.1) is 12.4 Å². The fraction of sp³-hybridized carbons (Fsp3) is 0.429. The summed E-state index contributed by atoms with van der Waals surface area (Å²) in [6.45, 7) is 4.90. The molecular weight excluding hydrogens is 394 g/mol. The molecule has 2 aromatic rings. The van der Waals surface area contributed by atoms with Gasteiger partial charge in [0.15, 0.2) is 5.76 Å². The molecule has 8 heteroatoms. The van der Waals surface area contributed by atoms with Crippen molar-refractivity contribution in [3.8, 4) is 0 Å². The molecule has 3 N–H and O–H groups in total. The number of halogens is 1. The smallest absolute Gasteiger partial charge is 0.291 e. The second-order valence-electron chi connectivity index (χ2n) is 7.33. The first-order valence-corrected chi connectivity index (χ1v) is 9.46. The number of furan rings is 1. The van der Waals surface area contributed by atoms with Crippen molar-refractivity contribution in [3.05, 3.63) is 53.5 Å². The van der Waals surface area contributed by atoms with Gasteiger partial charge in [0.1, 0.15) is 0 Å². The zero-order valence-electron chi connectivity index (χ0n) is 16.7. The predicted octanol–water partition coefficient (Wildman–Crippen LogP) is 3.01. The normalized spacial score (nSPS) is 15.2. The number of rotatable bonds is 7. The van der Waals surface area contributed by atoms with E-state index in [2.05, 4.69) is 16.0 Å². The van der Waals surface area contributed by atoms with Gasteiger partial charge in [-0.25, -0.2) is 0 Å². The minimum atomic E-state index is -0.348. The molecule has 0 bridgehead atoms. The van der Waals surface area contributed by atoms with Gasteiger partial charge in [-0.1, -0.05) is 6.07 Å². The van der Waals surface area contributed by atoms with E-state index in [1.165, 1.54) is 6.26 Å². The lowest BCUT2D eigenvalue weighted by Gasteiger charge is -2.37. The van der Waals surface area contributed by atoms with E-state index in [-0.39, 0.29) is 35.4 Å². The third-order valence-corrected chi connectivity index (χ3v) is 5.23. The van der Waals surface area contributed by atoms with Crippen LogP contribution in [0.25, 0.3) is 0 Å². The number of amides is 2. The molecule has 1 fully saturated rings. The van der Waals surface area contributed by atoms with E-state index < -0.39 is 0 Å². The predicted molar refractivity (Wildman–Crippen MR) is 114 cm³/mol. The maximum Gasteiger partial charge on any atom is 0.291 e. The molecule has 0 radical (unpaired) electrons. The summed E-state index contributed by atoms with van der Waals surface area (Å²) in [6.07, 6.45) is 3.36. The SMILES string of the molecule is COCC1(CNC(=O)c2ccc(C)c(NC(=O)c3ccco3)c2)CCNCC1.Cl. The van der Waals surface area contributed by atoms with Gasteiger partial charge in [0.2, 0.25) is 0 Å². The molecule has 0 unspecified atom stereocenters. The zero-order valence-corrected chi connectivity index (χ0v) is 17.6. The molecule has 3 rings (SSSR count). The number of ether oxygens (including phenoxy) is 1. The summed E-state index contributed by atoms with van der Waals surface area (Å²) in [4.78, 5) is 24.9. The molecule has 1 aromatic carbocycles. The van der Waals surface area contributed by atoms with E-state index >= 15 is 0 Å². The van der Waals surface area contributed by atoms with Crippen LogP contribution in [-0.2, 0) is 4.74 Å². The van der Waals surface area contributed by atoms with E-state index in [1.54, 1.807) is 31.4 Å². The summed E-state index contributed by atoms with van der Waals surface area (Å²) in [5.74, 6) is -0.288. The van der Waals surface area contributed by atoms with Crippen LogP contribution in [-0.4, -0.2) is 45.2 Å². The number of benzene rings is 1. The van der Waals surface area contributed by atoms with E-state index in [0.29, 0.717) is 24.4 Å². The quantitative estimate of drug-likeness (QED) is 0.639. The third kappa shape index (κ3) is 5.82. The second kappa shape index (κ2) is 10.4. The van der Waals surface area contributed by atoms with Gasteiger partial charge >= 0.3 is 0 Å². The van der Waals surface area contributed by atoms with Gasteiger partial charge < -0.3 is 25.1 Å². The van der Waals surface area contributed by atoms with Crippen molar-refractivity contribution in [2.45, 2.75) is 19.8 Å². The van der Waals surface area contributed by atoms with Crippen LogP contribution in [0, 0.1) is 12.3 Å². The molecule has 29 heavy (non-hydrogen) atoms. The number of methoxy groups -OCH3 is 1. The number of hydrogen-bond donors (Lipinski definition) is 3. The summed E-state index contributed by atoms with van der Waals surface area (Å²) in [6, 6.07) is 8.52. The monoisotopic (exact) mass is 421 g/mol. The summed E-state index contributed by atoms with van der Waals surface area (Å²) >= 11 is 0. The molecule has 158 valence electrons. The lowest BCUT2D eigenvalue weighted by atomic mass is 9.79. The molecule has 7 nitrogen and oxygen atoms in total. The number of nitrogens with one attached hydrogen (secondary N) is 3. The van der Waals surface area contributed by atoms with Crippen LogP contribution in [0.15, 0.2) is 41.0 Å². The standard InChI is InChI=1S/C21H27N3O4.ClH/c1-15-5-6-16(12-17(15)24-20(26)18-4-3-11-28-18)19(25)23-13-21(14-27-2)7-9-22-10-8-21;/h3-6,11-12,22H,7-10,13-14H2,1-2H3,(H,23,25)(H,24,26);1H. The Labute approximate surface area is 177 Å². The Morgan fingerprint density at radius 2 is 1.97 bits per heavy atom. The van der Waals surface area contributed by atoms with Crippen LogP contribution >= 0.6 is 12.4 Å². The highest BCUT2D eigenvalue weighted by Gasteiger charge is 2.32. The van der Waals surface area contributed by atoms with Crippen LogP contribution in [0.1, 0.15) is 39.3 Å². The Kier molecular flexibility index (Phi) is 8.25. The highest BCUT2D eigenvalue weighted by Crippen LogP contribution is 2.28. The number of carbonyl (C=O) groups excluding carboxylic acids is 2. The van der Waals surface area contributed by atoms with Crippen molar-refractivity contribution in [2.24, 2.45) is 5.41 Å². The fourth-order valence-corrected chi connectivity index (χ4v) is 3.49. The molecule has 1 aromatic heterocycles. The lowest BCUT2D eigenvalue weighted by molar-refractivity contribution is 0.0511. The minimum absolute atomic E-state index is 0. The Morgan fingerprint density at radius 1 is 1.21 bits per heavy atom. The summed E-state index contributed by atoms with van der Waals surface area (Å²) < 4.78 is 10.5. The largest absolute Gasteiger partial charge is 0.459 e. The fourth-order valence-electron chi connectivity index (χ4n) is 3.49. The Bertz CT molecular complexity index is 812. The van der Waals surface area contributed by atoms with Crippen molar-refractivity contribution >= 4 is 29.9 Å². The average molecular weight is 422 g/mol. The zero-order chi connectivity index (χ0) is 20.0. The van der Waals surface area contributed by atoms with Crippen molar-refractivity contribution in [2.75, 3.05) is 38.7 Å². The third-order valence-electron chi connectivity index (χ3n) is 5.23. The molecule has 1 aliphatic heterocycles. The number of piperidine rings is 1. The van der Waals surface area contributed by atoms with Crippen molar-refractivity contribution < 1.29 is 18.7 Å².